The van der Waals surface area contributed by atoms with Gasteiger partial charge in [-0.2, -0.15) is 4.39 Å². The van der Waals surface area contributed by atoms with Crippen molar-refractivity contribution in [2.75, 3.05) is 6.54 Å². The zero-order valence-corrected chi connectivity index (χ0v) is 7.96. The van der Waals surface area contributed by atoms with E-state index in [9.17, 15) is 13.6 Å². The minimum Gasteiger partial charge on any atom is -0.352 e. The number of hydrogen-bond acceptors (Lipinski definition) is 2. The Kier molecular flexibility index (Phi) is 2.62. The fourth-order valence-electron chi connectivity index (χ4n) is 1.25. The Balaban J connectivity index is 2.06. The third-order valence-electron chi connectivity index (χ3n) is 2.34. The molecule has 80 valence electrons. The molecule has 0 spiro atoms. The van der Waals surface area contributed by atoms with E-state index in [1.165, 1.54) is 6.07 Å². The van der Waals surface area contributed by atoms with Crippen LogP contribution in [0.1, 0.15) is 23.2 Å². The molecule has 5 heteroatoms. The highest BCUT2D eigenvalue weighted by atomic mass is 19.2. The van der Waals surface area contributed by atoms with Gasteiger partial charge in [-0.1, -0.05) is 0 Å². The number of nitrogens with one attached hydrogen (secondary N) is 1. The fraction of sp³-hybridized carbons (Fsp3) is 0.400. The van der Waals surface area contributed by atoms with E-state index in [1.54, 1.807) is 0 Å². The molecule has 0 bridgehead atoms. The van der Waals surface area contributed by atoms with Gasteiger partial charge in [-0.25, -0.2) is 9.37 Å². The lowest BCUT2D eigenvalue weighted by molar-refractivity contribution is 0.0946. The number of halogens is 2. The fourth-order valence-corrected chi connectivity index (χ4v) is 1.25. The van der Waals surface area contributed by atoms with Gasteiger partial charge in [0.25, 0.3) is 5.91 Å². The standard InChI is InChI=1S/C10H10F2N2O/c11-8-7(3-4-13-9(8)12)10(15)14-5-6-1-2-6/h3-4,6H,1-2,5H2,(H,14,15). The second kappa shape index (κ2) is 3.92. The van der Waals surface area contributed by atoms with E-state index < -0.39 is 17.7 Å². The summed E-state index contributed by atoms with van der Waals surface area (Å²) in [5, 5.41) is 2.56. The van der Waals surface area contributed by atoms with Crippen molar-refractivity contribution in [3.63, 3.8) is 0 Å². The first-order chi connectivity index (χ1) is 7.18. The Morgan fingerprint density at radius 1 is 1.53 bits per heavy atom. The molecule has 0 aliphatic heterocycles. The van der Waals surface area contributed by atoms with Crippen LogP contribution >= 0.6 is 0 Å². The number of nitrogens with zero attached hydrogens (tertiary/aromatic N) is 1. The molecule has 0 saturated heterocycles. The molecule has 1 aromatic heterocycles. The summed E-state index contributed by atoms with van der Waals surface area (Å²) in [5.74, 6) is -2.51. The van der Waals surface area contributed by atoms with Crippen LogP contribution in [-0.2, 0) is 0 Å². The average Bonchev–Trinajstić information content (AvgIpc) is 3.02. The number of hydrogen-bond donors (Lipinski definition) is 1. The summed E-state index contributed by atoms with van der Waals surface area (Å²) >= 11 is 0. The third kappa shape index (κ3) is 2.29. The number of rotatable bonds is 3. The van der Waals surface area contributed by atoms with Gasteiger partial charge in [-0.3, -0.25) is 4.79 Å². The van der Waals surface area contributed by atoms with E-state index in [0.717, 1.165) is 19.0 Å². The van der Waals surface area contributed by atoms with Crippen LogP contribution < -0.4 is 5.32 Å². The quantitative estimate of drug-likeness (QED) is 0.771. The molecular weight excluding hydrogens is 202 g/mol. The summed E-state index contributed by atoms with van der Waals surface area (Å²) in [6.45, 7) is 0.530. The number of amides is 1. The Bertz CT molecular complexity index is 391. The summed E-state index contributed by atoms with van der Waals surface area (Å²) in [7, 11) is 0. The molecular formula is C10H10F2N2O. The highest BCUT2D eigenvalue weighted by Gasteiger charge is 2.23. The monoisotopic (exact) mass is 212 g/mol. The van der Waals surface area contributed by atoms with Gasteiger partial charge in [0, 0.05) is 12.7 Å². The van der Waals surface area contributed by atoms with Gasteiger partial charge in [0.15, 0.2) is 5.82 Å². The van der Waals surface area contributed by atoms with E-state index in [4.69, 9.17) is 0 Å². The summed E-state index contributed by atoms with van der Waals surface area (Å²) in [6.07, 6.45) is 3.26. The lowest BCUT2D eigenvalue weighted by Gasteiger charge is -2.04. The van der Waals surface area contributed by atoms with Crippen molar-refractivity contribution in [1.29, 1.82) is 0 Å². The van der Waals surface area contributed by atoms with Crippen molar-refractivity contribution in [3.8, 4) is 0 Å². The first-order valence-electron chi connectivity index (χ1n) is 4.76. The van der Waals surface area contributed by atoms with E-state index in [0.29, 0.717) is 12.5 Å². The average molecular weight is 212 g/mol. The Hall–Kier alpha value is -1.52. The predicted octanol–water partition coefficient (Wildman–Crippen LogP) is 1.50. The largest absolute Gasteiger partial charge is 0.352 e. The maximum absolute atomic E-state index is 13.1. The molecule has 1 fully saturated rings. The third-order valence-corrected chi connectivity index (χ3v) is 2.34. The SMILES string of the molecule is O=C(NCC1CC1)c1ccnc(F)c1F. The van der Waals surface area contributed by atoms with Crippen LogP contribution in [0.25, 0.3) is 0 Å². The zero-order chi connectivity index (χ0) is 10.8. The molecule has 1 aliphatic rings. The van der Waals surface area contributed by atoms with E-state index in [-0.39, 0.29) is 5.56 Å². The Labute approximate surface area is 85.5 Å². The number of aromatic nitrogens is 1. The lowest BCUT2D eigenvalue weighted by atomic mass is 10.2. The second-order valence-corrected chi connectivity index (χ2v) is 3.62. The second-order valence-electron chi connectivity index (χ2n) is 3.62. The molecule has 0 atom stereocenters. The zero-order valence-electron chi connectivity index (χ0n) is 7.96. The number of pyridine rings is 1. The molecule has 15 heavy (non-hydrogen) atoms. The first kappa shape index (κ1) is 10.0. The van der Waals surface area contributed by atoms with Crippen LogP contribution in [0.15, 0.2) is 12.3 Å². The van der Waals surface area contributed by atoms with Crippen molar-refractivity contribution in [2.45, 2.75) is 12.8 Å². The molecule has 2 rings (SSSR count). The van der Waals surface area contributed by atoms with Gasteiger partial charge in [-0.05, 0) is 24.8 Å². The highest BCUT2D eigenvalue weighted by Crippen LogP contribution is 2.27. The molecule has 0 radical (unpaired) electrons. The summed E-state index contributed by atoms with van der Waals surface area (Å²) in [5.41, 5.74) is -0.289. The van der Waals surface area contributed by atoms with Gasteiger partial charge in [0.2, 0.25) is 5.95 Å². The summed E-state index contributed by atoms with van der Waals surface area (Å²) in [6, 6.07) is 1.17. The van der Waals surface area contributed by atoms with E-state index >= 15 is 0 Å². The van der Waals surface area contributed by atoms with Crippen molar-refractivity contribution < 1.29 is 13.6 Å². The smallest absolute Gasteiger partial charge is 0.254 e. The molecule has 1 amide bonds. The minimum absolute atomic E-state index is 0.289. The molecule has 1 aromatic rings. The van der Waals surface area contributed by atoms with Crippen LogP contribution in [-0.4, -0.2) is 17.4 Å². The molecule has 1 N–H and O–H groups in total. The maximum Gasteiger partial charge on any atom is 0.254 e. The number of carbonyl (C=O) groups is 1. The topological polar surface area (TPSA) is 42.0 Å². The van der Waals surface area contributed by atoms with Crippen molar-refractivity contribution >= 4 is 5.91 Å². The lowest BCUT2D eigenvalue weighted by Crippen LogP contribution is -2.26. The molecule has 0 unspecified atom stereocenters. The Morgan fingerprint density at radius 2 is 2.27 bits per heavy atom. The maximum atomic E-state index is 13.1. The van der Waals surface area contributed by atoms with Crippen molar-refractivity contribution in [3.05, 3.63) is 29.6 Å². The van der Waals surface area contributed by atoms with Gasteiger partial charge in [0.05, 0.1) is 5.56 Å². The van der Waals surface area contributed by atoms with E-state index in [2.05, 4.69) is 10.3 Å². The Morgan fingerprint density at radius 3 is 2.93 bits per heavy atom. The van der Waals surface area contributed by atoms with Gasteiger partial charge in [0.1, 0.15) is 0 Å². The predicted molar refractivity (Wildman–Crippen MR) is 49.2 cm³/mol. The summed E-state index contributed by atoms with van der Waals surface area (Å²) in [4.78, 5) is 14.5. The van der Waals surface area contributed by atoms with Crippen molar-refractivity contribution in [2.24, 2.45) is 5.92 Å². The number of carbonyl (C=O) groups excluding carboxylic acids is 1. The van der Waals surface area contributed by atoms with Crippen LogP contribution in [0, 0.1) is 17.7 Å². The van der Waals surface area contributed by atoms with Crippen LogP contribution in [0.2, 0.25) is 0 Å². The summed E-state index contributed by atoms with van der Waals surface area (Å²) < 4.78 is 25.8. The van der Waals surface area contributed by atoms with Crippen LogP contribution in [0.4, 0.5) is 8.78 Å². The minimum atomic E-state index is -1.24. The molecule has 1 aliphatic carbocycles. The van der Waals surface area contributed by atoms with Gasteiger partial charge in [-0.15, -0.1) is 0 Å². The van der Waals surface area contributed by atoms with Crippen molar-refractivity contribution in [1.82, 2.24) is 10.3 Å². The first-order valence-corrected chi connectivity index (χ1v) is 4.76. The molecule has 1 saturated carbocycles. The van der Waals surface area contributed by atoms with Gasteiger partial charge >= 0.3 is 0 Å². The van der Waals surface area contributed by atoms with Crippen LogP contribution in [0.3, 0.4) is 0 Å². The van der Waals surface area contributed by atoms with Gasteiger partial charge < -0.3 is 5.32 Å². The highest BCUT2D eigenvalue weighted by molar-refractivity contribution is 5.94. The normalized spacial score (nSPS) is 15.1. The van der Waals surface area contributed by atoms with Crippen LogP contribution in [0.5, 0.6) is 0 Å². The molecule has 3 nitrogen and oxygen atoms in total. The molecule has 1 heterocycles. The van der Waals surface area contributed by atoms with E-state index in [1.807, 2.05) is 0 Å². The molecule has 0 aromatic carbocycles.